The zero-order valence-corrected chi connectivity index (χ0v) is 18.8. The van der Waals surface area contributed by atoms with E-state index in [2.05, 4.69) is 0 Å². The van der Waals surface area contributed by atoms with Crippen molar-refractivity contribution in [3.8, 4) is 23.0 Å². The molecule has 0 fully saturated rings. The third-order valence-electron chi connectivity index (χ3n) is 5.77. The van der Waals surface area contributed by atoms with E-state index in [4.69, 9.17) is 23.7 Å². The van der Waals surface area contributed by atoms with Crippen LogP contribution in [0, 0.1) is 0 Å². The number of ether oxygens (including phenoxy) is 5. The highest BCUT2D eigenvalue weighted by Gasteiger charge is 2.40. The topological polar surface area (TPSA) is 121 Å². The SMILES string of the molecule is O=C(O)OC1=C(c2ccc3c(c2)OCO3)c2ccccc2S(=O)(=O)N1Cc1ccc2c(c1)OCO2. The Kier molecular flexibility index (Phi) is 4.74. The third kappa shape index (κ3) is 3.48. The molecule has 0 aromatic heterocycles. The Balaban J connectivity index is 1.56. The average molecular weight is 495 g/mol. The van der Waals surface area contributed by atoms with Crippen LogP contribution >= 0.6 is 0 Å². The predicted molar refractivity (Wildman–Crippen MR) is 119 cm³/mol. The molecule has 35 heavy (non-hydrogen) atoms. The first-order chi connectivity index (χ1) is 16.9. The van der Waals surface area contributed by atoms with Gasteiger partial charge in [-0.2, -0.15) is 0 Å². The molecule has 0 atom stereocenters. The molecular weight excluding hydrogens is 478 g/mol. The summed E-state index contributed by atoms with van der Waals surface area (Å²) < 4.78 is 55.1. The van der Waals surface area contributed by atoms with Crippen molar-refractivity contribution in [2.75, 3.05) is 13.6 Å². The van der Waals surface area contributed by atoms with Crippen molar-refractivity contribution in [2.45, 2.75) is 11.4 Å². The number of carbonyl (C=O) groups is 1. The zero-order valence-electron chi connectivity index (χ0n) is 18.0. The van der Waals surface area contributed by atoms with Gasteiger partial charge in [-0.3, -0.25) is 0 Å². The van der Waals surface area contributed by atoms with Crippen molar-refractivity contribution in [3.63, 3.8) is 0 Å². The van der Waals surface area contributed by atoms with Crippen LogP contribution in [0.25, 0.3) is 5.57 Å². The molecule has 0 bridgehead atoms. The van der Waals surface area contributed by atoms with Gasteiger partial charge >= 0.3 is 6.16 Å². The molecule has 3 aliphatic heterocycles. The van der Waals surface area contributed by atoms with Crippen molar-refractivity contribution in [1.82, 2.24) is 4.31 Å². The van der Waals surface area contributed by atoms with E-state index in [1.54, 1.807) is 54.6 Å². The van der Waals surface area contributed by atoms with Crippen LogP contribution in [0.5, 0.6) is 23.0 Å². The van der Waals surface area contributed by atoms with Gasteiger partial charge in [0.2, 0.25) is 19.5 Å². The fourth-order valence-electron chi connectivity index (χ4n) is 4.24. The molecule has 3 aromatic carbocycles. The Morgan fingerprint density at radius 3 is 2.29 bits per heavy atom. The minimum Gasteiger partial charge on any atom is -0.454 e. The van der Waals surface area contributed by atoms with Crippen LogP contribution in [-0.4, -0.2) is 37.6 Å². The largest absolute Gasteiger partial charge is 0.512 e. The smallest absolute Gasteiger partial charge is 0.454 e. The fourth-order valence-corrected chi connectivity index (χ4v) is 5.85. The Hall–Kier alpha value is -4.38. The van der Waals surface area contributed by atoms with Crippen molar-refractivity contribution in [1.29, 1.82) is 0 Å². The zero-order chi connectivity index (χ0) is 24.2. The molecule has 3 aromatic rings. The van der Waals surface area contributed by atoms with Gasteiger partial charge in [0.1, 0.15) is 0 Å². The van der Waals surface area contributed by atoms with E-state index in [1.807, 2.05) is 0 Å². The van der Waals surface area contributed by atoms with E-state index in [1.165, 1.54) is 6.07 Å². The first kappa shape index (κ1) is 21.2. The number of carboxylic acid groups (broad SMARTS) is 1. The third-order valence-corrected chi connectivity index (χ3v) is 7.56. The van der Waals surface area contributed by atoms with Crippen molar-refractivity contribution < 1.29 is 42.0 Å². The van der Waals surface area contributed by atoms with Gasteiger partial charge in [0.15, 0.2) is 23.0 Å². The quantitative estimate of drug-likeness (QED) is 0.539. The molecule has 11 heteroatoms. The number of rotatable bonds is 4. The Morgan fingerprint density at radius 1 is 0.886 bits per heavy atom. The highest BCUT2D eigenvalue weighted by Crippen LogP contribution is 2.44. The summed E-state index contributed by atoms with van der Waals surface area (Å²) in [5.74, 6) is 1.66. The lowest BCUT2D eigenvalue weighted by Gasteiger charge is -2.32. The minimum atomic E-state index is -4.18. The molecule has 0 unspecified atom stereocenters. The summed E-state index contributed by atoms with van der Waals surface area (Å²) in [7, 11) is -4.18. The van der Waals surface area contributed by atoms with Crippen molar-refractivity contribution >= 4 is 21.8 Å². The van der Waals surface area contributed by atoms with Gasteiger partial charge in [-0.1, -0.05) is 30.3 Å². The summed E-state index contributed by atoms with van der Waals surface area (Å²) in [5.41, 5.74) is 1.65. The Bertz CT molecular complexity index is 1510. The summed E-state index contributed by atoms with van der Waals surface area (Å²) in [6, 6.07) is 16.4. The molecule has 6 rings (SSSR count). The van der Waals surface area contributed by atoms with Crippen LogP contribution in [-0.2, 0) is 21.3 Å². The number of benzene rings is 3. The second kappa shape index (κ2) is 7.84. The first-order valence-corrected chi connectivity index (χ1v) is 11.9. The van der Waals surface area contributed by atoms with Crippen molar-refractivity contribution in [2.24, 2.45) is 0 Å². The maximum Gasteiger partial charge on any atom is 0.512 e. The Labute approximate surface area is 199 Å². The minimum absolute atomic E-state index is 0.0196. The molecule has 0 amide bonds. The lowest BCUT2D eigenvalue weighted by atomic mass is 9.97. The van der Waals surface area contributed by atoms with E-state index in [-0.39, 0.29) is 36.5 Å². The van der Waals surface area contributed by atoms with Crippen LogP contribution in [0.4, 0.5) is 4.79 Å². The van der Waals surface area contributed by atoms with Crippen LogP contribution in [0.3, 0.4) is 0 Å². The van der Waals surface area contributed by atoms with Gasteiger partial charge < -0.3 is 28.8 Å². The summed E-state index contributed by atoms with van der Waals surface area (Å²) in [4.78, 5) is 11.8. The number of fused-ring (bicyclic) bond motifs is 3. The van der Waals surface area contributed by atoms with Crippen molar-refractivity contribution in [3.05, 3.63) is 83.2 Å². The summed E-state index contributed by atoms with van der Waals surface area (Å²) in [6.45, 7) is -0.0861. The van der Waals surface area contributed by atoms with Crippen LogP contribution in [0.15, 0.2) is 71.4 Å². The molecule has 0 aliphatic carbocycles. The normalized spacial score (nSPS) is 16.7. The van der Waals surface area contributed by atoms with Crippen LogP contribution in [0.1, 0.15) is 16.7 Å². The average Bonchev–Trinajstić information content (AvgIpc) is 3.50. The second-order valence-electron chi connectivity index (χ2n) is 7.81. The lowest BCUT2D eigenvalue weighted by molar-refractivity contribution is 0.101. The van der Waals surface area contributed by atoms with Gasteiger partial charge in [-0.25, -0.2) is 17.5 Å². The maximum atomic E-state index is 13.7. The molecule has 3 aliphatic rings. The molecule has 0 radical (unpaired) electrons. The molecule has 0 saturated heterocycles. The summed E-state index contributed by atoms with van der Waals surface area (Å²) in [5, 5.41) is 9.56. The molecule has 1 N–H and O–H groups in total. The Morgan fingerprint density at radius 2 is 1.54 bits per heavy atom. The molecule has 0 saturated carbocycles. The predicted octanol–water partition coefficient (Wildman–Crippen LogP) is 3.76. The van der Waals surface area contributed by atoms with Gasteiger partial charge in [0.05, 0.1) is 17.0 Å². The molecule has 178 valence electrons. The van der Waals surface area contributed by atoms with Crippen LogP contribution in [0.2, 0.25) is 0 Å². The molecule has 0 spiro atoms. The number of sulfonamides is 1. The monoisotopic (exact) mass is 495 g/mol. The second-order valence-corrected chi connectivity index (χ2v) is 9.64. The molecule has 10 nitrogen and oxygen atoms in total. The standard InChI is InChI=1S/C24H17NO9S/c26-24(27)34-23-22(15-6-8-18-20(10-15)33-13-31-18)16-3-1-2-4-21(16)35(28,29)25(23)11-14-5-7-17-19(9-14)32-12-30-17/h1-10H,11-13H2,(H,26,27). The highest BCUT2D eigenvalue weighted by atomic mass is 32.2. The van der Waals surface area contributed by atoms with E-state index in [0.29, 0.717) is 39.7 Å². The van der Waals surface area contributed by atoms with Crippen LogP contribution < -0.4 is 18.9 Å². The number of nitrogens with zero attached hydrogens (tertiary/aromatic N) is 1. The van der Waals surface area contributed by atoms with E-state index in [0.717, 1.165) is 4.31 Å². The fraction of sp³-hybridized carbons (Fsp3) is 0.125. The lowest BCUT2D eigenvalue weighted by Crippen LogP contribution is -2.36. The van der Waals surface area contributed by atoms with Gasteiger partial charge in [0.25, 0.3) is 10.0 Å². The van der Waals surface area contributed by atoms with E-state index >= 15 is 0 Å². The number of hydrogen-bond donors (Lipinski definition) is 1. The first-order valence-electron chi connectivity index (χ1n) is 10.5. The maximum absolute atomic E-state index is 13.7. The van der Waals surface area contributed by atoms with Gasteiger partial charge in [-0.05, 0) is 41.5 Å². The molecule has 3 heterocycles. The molecular formula is C24H17NO9S. The van der Waals surface area contributed by atoms with Gasteiger partial charge in [0, 0.05) is 5.56 Å². The number of hydrogen-bond acceptors (Lipinski definition) is 8. The highest BCUT2D eigenvalue weighted by molar-refractivity contribution is 7.89. The van der Waals surface area contributed by atoms with E-state index < -0.39 is 16.2 Å². The summed E-state index contributed by atoms with van der Waals surface area (Å²) in [6.07, 6.45) is -1.65. The van der Waals surface area contributed by atoms with E-state index in [9.17, 15) is 18.3 Å². The summed E-state index contributed by atoms with van der Waals surface area (Å²) >= 11 is 0. The van der Waals surface area contributed by atoms with Gasteiger partial charge in [-0.15, -0.1) is 0 Å².